The quantitative estimate of drug-likeness (QED) is 0.811. The summed E-state index contributed by atoms with van der Waals surface area (Å²) in [5.74, 6) is -0.359. The van der Waals surface area contributed by atoms with Crippen LogP contribution in [-0.2, 0) is 14.4 Å². The molecule has 0 unspecified atom stereocenters. The number of carbonyl (C=O) groups excluding carboxylic acids is 1. The van der Waals surface area contributed by atoms with Gasteiger partial charge in [0.2, 0.25) is 0 Å². The van der Waals surface area contributed by atoms with Crippen molar-refractivity contribution in [3.05, 3.63) is 60.4 Å². The number of aromatic nitrogens is 1. The van der Waals surface area contributed by atoms with Gasteiger partial charge >= 0.3 is 5.97 Å². The van der Waals surface area contributed by atoms with Gasteiger partial charge in [-0.1, -0.05) is 24.3 Å². The molecule has 0 N–H and O–H groups in total. The van der Waals surface area contributed by atoms with Crippen molar-refractivity contribution in [2.75, 3.05) is 12.2 Å². The van der Waals surface area contributed by atoms with E-state index in [1.54, 1.807) is 17.5 Å². The van der Waals surface area contributed by atoms with E-state index in [0.29, 0.717) is 6.42 Å². The van der Waals surface area contributed by atoms with Crippen LogP contribution < -0.4 is 5.06 Å². The molecule has 0 spiro atoms. The Balaban J connectivity index is 1.93. The number of pyridine rings is 1. The minimum absolute atomic E-state index is 0.0646. The van der Waals surface area contributed by atoms with Gasteiger partial charge in [0.05, 0.1) is 18.8 Å². The molecule has 5 nitrogen and oxygen atoms in total. The fraction of sp³-hybridized carbons (Fsp3) is 0.250. The Labute approximate surface area is 123 Å². The molecule has 2 aromatic rings. The molecule has 2 heterocycles. The average molecular weight is 284 g/mol. The van der Waals surface area contributed by atoms with Crippen molar-refractivity contribution in [2.24, 2.45) is 0 Å². The highest BCUT2D eigenvalue weighted by Crippen LogP contribution is 2.37. The first-order valence-electron chi connectivity index (χ1n) is 6.78. The summed E-state index contributed by atoms with van der Waals surface area (Å²) < 4.78 is 4.80. The molecule has 3 rings (SSSR count). The van der Waals surface area contributed by atoms with Crippen LogP contribution in [0.1, 0.15) is 18.0 Å². The lowest BCUT2D eigenvalue weighted by molar-refractivity contribution is -0.151. The minimum atomic E-state index is -0.597. The number of methoxy groups -OCH3 is 1. The zero-order chi connectivity index (χ0) is 14.7. The molecular weight excluding hydrogens is 268 g/mol. The van der Waals surface area contributed by atoms with Crippen molar-refractivity contribution in [1.29, 1.82) is 0 Å². The molecule has 1 aliphatic heterocycles. The number of nitrogens with zero attached hydrogens (tertiary/aromatic N) is 2. The van der Waals surface area contributed by atoms with Crippen molar-refractivity contribution in [2.45, 2.75) is 18.6 Å². The first kappa shape index (κ1) is 13.6. The molecule has 1 aliphatic rings. The summed E-state index contributed by atoms with van der Waals surface area (Å²) in [5, 5.41) is 1.76. The number of hydrogen-bond acceptors (Lipinski definition) is 5. The Morgan fingerprint density at radius 1 is 1.29 bits per heavy atom. The number of anilines is 1. The molecule has 2 atom stereocenters. The summed E-state index contributed by atoms with van der Waals surface area (Å²) in [4.78, 5) is 21.7. The van der Waals surface area contributed by atoms with Crippen LogP contribution in [0.4, 0.5) is 5.69 Å². The Hall–Kier alpha value is -2.40. The summed E-state index contributed by atoms with van der Waals surface area (Å²) >= 11 is 0. The molecule has 1 aromatic heterocycles. The number of carbonyl (C=O) groups is 1. The van der Waals surface area contributed by atoms with Crippen molar-refractivity contribution >= 4 is 11.7 Å². The van der Waals surface area contributed by atoms with E-state index in [4.69, 9.17) is 9.57 Å². The molecule has 1 aromatic carbocycles. The molecule has 108 valence electrons. The van der Waals surface area contributed by atoms with Crippen LogP contribution in [0.5, 0.6) is 0 Å². The lowest BCUT2D eigenvalue weighted by Crippen LogP contribution is -2.25. The topological polar surface area (TPSA) is 51.7 Å². The lowest BCUT2D eigenvalue weighted by Gasteiger charge is -2.24. The number of hydrogen-bond donors (Lipinski definition) is 0. The molecule has 0 aliphatic carbocycles. The van der Waals surface area contributed by atoms with Crippen molar-refractivity contribution in [3.63, 3.8) is 0 Å². The van der Waals surface area contributed by atoms with Gasteiger partial charge in [0.1, 0.15) is 0 Å². The molecule has 0 bridgehead atoms. The van der Waals surface area contributed by atoms with E-state index in [1.165, 1.54) is 7.11 Å². The first-order chi connectivity index (χ1) is 10.3. The molecule has 5 heteroatoms. The Bertz CT molecular complexity index is 556. The zero-order valence-electron chi connectivity index (χ0n) is 11.7. The molecule has 0 radical (unpaired) electrons. The highest BCUT2D eigenvalue weighted by atomic mass is 16.7. The highest BCUT2D eigenvalue weighted by molar-refractivity contribution is 5.75. The summed E-state index contributed by atoms with van der Waals surface area (Å²) in [6, 6.07) is 13.5. The van der Waals surface area contributed by atoms with E-state index < -0.39 is 6.10 Å². The first-order valence-corrected chi connectivity index (χ1v) is 6.78. The van der Waals surface area contributed by atoms with Gasteiger partial charge in [0.15, 0.2) is 6.10 Å². The second kappa shape index (κ2) is 5.93. The van der Waals surface area contributed by atoms with Crippen LogP contribution in [0, 0.1) is 0 Å². The van der Waals surface area contributed by atoms with Gasteiger partial charge < -0.3 is 4.74 Å². The maximum absolute atomic E-state index is 11.8. The second-order valence-electron chi connectivity index (χ2n) is 4.82. The molecule has 0 saturated carbocycles. The molecule has 1 fully saturated rings. The number of benzene rings is 1. The number of esters is 1. The van der Waals surface area contributed by atoms with E-state index in [9.17, 15) is 4.79 Å². The van der Waals surface area contributed by atoms with Crippen LogP contribution in [0.3, 0.4) is 0 Å². The summed E-state index contributed by atoms with van der Waals surface area (Å²) in [7, 11) is 1.37. The largest absolute Gasteiger partial charge is 0.467 e. The van der Waals surface area contributed by atoms with Gasteiger partial charge in [-0.3, -0.25) is 9.82 Å². The van der Waals surface area contributed by atoms with Crippen molar-refractivity contribution < 1.29 is 14.4 Å². The summed E-state index contributed by atoms with van der Waals surface area (Å²) in [5.41, 5.74) is 1.91. The predicted molar refractivity (Wildman–Crippen MR) is 77.4 cm³/mol. The van der Waals surface area contributed by atoms with E-state index in [0.717, 1.165) is 11.3 Å². The Morgan fingerprint density at radius 3 is 2.76 bits per heavy atom. The summed E-state index contributed by atoms with van der Waals surface area (Å²) in [6.45, 7) is 0. The predicted octanol–water partition coefficient (Wildman–Crippen LogP) is 2.51. The van der Waals surface area contributed by atoms with Crippen LogP contribution in [0.25, 0.3) is 0 Å². The van der Waals surface area contributed by atoms with E-state index in [-0.39, 0.29) is 12.0 Å². The molecule has 1 saturated heterocycles. The zero-order valence-corrected chi connectivity index (χ0v) is 11.7. The third-order valence-corrected chi connectivity index (χ3v) is 3.51. The van der Waals surface area contributed by atoms with Gasteiger partial charge in [0.25, 0.3) is 0 Å². The van der Waals surface area contributed by atoms with Gasteiger partial charge in [-0.25, -0.2) is 9.86 Å². The smallest absolute Gasteiger partial charge is 0.337 e. The Kier molecular flexibility index (Phi) is 3.83. The normalized spacial score (nSPS) is 21.3. The van der Waals surface area contributed by atoms with Gasteiger partial charge in [-0.15, -0.1) is 0 Å². The minimum Gasteiger partial charge on any atom is -0.467 e. The summed E-state index contributed by atoms with van der Waals surface area (Å²) in [6.07, 6.45) is 3.46. The van der Waals surface area contributed by atoms with E-state index in [1.807, 2.05) is 42.5 Å². The third kappa shape index (κ3) is 2.73. The van der Waals surface area contributed by atoms with Crippen LogP contribution in [0.15, 0.2) is 54.9 Å². The number of rotatable bonds is 3. The Morgan fingerprint density at radius 2 is 2.10 bits per heavy atom. The van der Waals surface area contributed by atoms with Crippen LogP contribution in [-0.4, -0.2) is 24.2 Å². The fourth-order valence-corrected chi connectivity index (χ4v) is 2.48. The average Bonchev–Trinajstić information content (AvgIpc) is 3.01. The lowest BCUT2D eigenvalue weighted by atomic mass is 10.0. The SMILES string of the molecule is COC(=O)[C@H]1C[C@@H](c2cccnc2)N(c2ccccc2)O1. The van der Waals surface area contributed by atoms with Gasteiger partial charge in [0, 0.05) is 18.8 Å². The molecule has 0 amide bonds. The van der Waals surface area contributed by atoms with Crippen molar-refractivity contribution in [1.82, 2.24) is 4.98 Å². The molecular formula is C16H16N2O3. The van der Waals surface area contributed by atoms with Crippen LogP contribution >= 0.6 is 0 Å². The van der Waals surface area contributed by atoms with E-state index >= 15 is 0 Å². The maximum Gasteiger partial charge on any atom is 0.337 e. The number of ether oxygens (including phenoxy) is 1. The van der Waals surface area contributed by atoms with Crippen molar-refractivity contribution in [3.8, 4) is 0 Å². The monoisotopic (exact) mass is 284 g/mol. The van der Waals surface area contributed by atoms with Gasteiger partial charge in [-0.05, 0) is 23.8 Å². The maximum atomic E-state index is 11.8. The van der Waals surface area contributed by atoms with Crippen LogP contribution in [0.2, 0.25) is 0 Å². The van der Waals surface area contributed by atoms with E-state index in [2.05, 4.69) is 4.98 Å². The number of para-hydroxylation sites is 1. The molecule has 21 heavy (non-hydrogen) atoms. The van der Waals surface area contributed by atoms with Gasteiger partial charge in [-0.2, -0.15) is 0 Å². The standard InChI is InChI=1S/C16H16N2O3/c1-20-16(19)15-10-14(12-6-5-9-17-11-12)18(21-15)13-7-3-2-4-8-13/h2-9,11,14-15H,10H2,1H3/t14-,15+/m0/s1. The number of hydroxylamine groups is 1. The highest BCUT2D eigenvalue weighted by Gasteiger charge is 2.39. The third-order valence-electron chi connectivity index (χ3n) is 3.51. The second-order valence-corrected chi connectivity index (χ2v) is 4.82. The fourth-order valence-electron chi connectivity index (χ4n) is 2.48.